The van der Waals surface area contributed by atoms with E-state index in [0.29, 0.717) is 28.5 Å². The van der Waals surface area contributed by atoms with Gasteiger partial charge in [-0.15, -0.1) is 11.3 Å². The number of rotatable bonds is 7. The number of nitrogens with one attached hydrogen (secondary N) is 1. The lowest BCUT2D eigenvalue weighted by Crippen LogP contribution is -2.58. The molecule has 1 aliphatic carbocycles. The van der Waals surface area contributed by atoms with Crippen molar-refractivity contribution in [2.75, 3.05) is 44.8 Å². The fourth-order valence-electron chi connectivity index (χ4n) is 7.19. The van der Waals surface area contributed by atoms with Crippen molar-refractivity contribution in [1.29, 1.82) is 5.26 Å². The Hall–Kier alpha value is -4.03. The smallest absolute Gasteiger partial charge is 0.412 e. The molecular formula is C34H34F2N6O5S. The molecular weight excluding hydrogens is 642 g/mol. The van der Waals surface area contributed by atoms with Gasteiger partial charge >= 0.3 is 12.1 Å². The Morgan fingerprint density at radius 3 is 2.65 bits per heavy atom. The summed E-state index contributed by atoms with van der Waals surface area (Å²) in [5.41, 5.74) is 0.833. The summed E-state index contributed by atoms with van der Waals surface area (Å²) in [6, 6.07) is 2.12. The largest absolute Gasteiger partial charge is 0.463 e. The van der Waals surface area contributed by atoms with Crippen molar-refractivity contribution in [3.05, 3.63) is 40.7 Å². The van der Waals surface area contributed by atoms with Crippen molar-refractivity contribution in [3.8, 4) is 23.3 Å². The van der Waals surface area contributed by atoms with Gasteiger partial charge in [-0.1, -0.05) is 0 Å². The lowest BCUT2D eigenvalue weighted by Gasteiger charge is -2.48. The van der Waals surface area contributed by atoms with Crippen molar-refractivity contribution >= 4 is 43.4 Å². The molecule has 4 aromatic rings. The summed E-state index contributed by atoms with van der Waals surface area (Å²) in [5.74, 6) is -1.41. The minimum Gasteiger partial charge on any atom is -0.463 e. The molecule has 11 nitrogen and oxygen atoms in total. The second-order valence-corrected chi connectivity index (χ2v) is 15.5. The van der Waals surface area contributed by atoms with E-state index >= 15 is 8.78 Å². The molecule has 1 N–H and O–H groups in total. The van der Waals surface area contributed by atoms with E-state index in [1.165, 1.54) is 0 Å². The maximum absolute atomic E-state index is 16.8. The van der Waals surface area contributed by atoms with E-state index < -0.39 is 23.3 Å². The molecule has 1 aromatic carbocycles. The van der Waals surface area contributed by atoms with Crippen molar-refractivity contribution in [3.63, 3.8) is 0 Å². The average Bonchev–Trinajstić information content (AvgIpc) is 3.36. The van der Waals surface area contributed by atoms with E-state index in [9.17, 15) is 10.1 Å². The number of carbonyl (C=O) groups excluding carboxylic acids is 1. The van der Waals surface area contributed by atoms with Gasteiger partial charge in [-0.05, 0) is 51.2 Å². The number of thiophene rings is 1. The number of fused-ring (bicyclic) bond motifs is 4. The zero-order valence-electron chi connectivity index (χ0n) is 26.9. The van der Waals surface area contributed by atoms with Crippen LogP contribution in [0.1, 0.15) is 56.7 Å². The number of halogens is 2. The highest BCUT2D eigenvalue weighted by Gasteiger charge is 2.51. The van der Waals surface area contributed by atoms with Crippen LogP contribution in [0.25, 0.3) is 32.2 Å². The van der Waals surface area contributed by atoms with Crippen molar-refractivity contribution < 1.29 is 32.5 Å². The Bertz CT molecular complexity index is 2020. The van der Waals surface area contributed by atoms with E-state index in [1.807, 2.05) is 0 Å². The first-order chi connectivity index (χ1) is 23.0. The molecule has 0 atom stereocenters. The molecule has 3 aromatic heterocycles. The predicted molar refractivity (Wildman–Crippen MR) is 173 cm³/mol. The lowest BCUT2D eigenvalue weighted by molar-refractivity contribution is -0.0239. The first-order valence-corrected chi connectivity index (χ1v) is 16.8. The van der Waals surface area contributed by atoms with Crippen LogP contribution in [0.5, 0.6) is 6.01 Å². The molecule has 3 aliphatic heterocycles. The predicted octanol–water partition coefficient (Wildman–Crippen LogP) is 6.31. The number of ether oxygens (including phenoxy) is 4. The van der Waals surface area contributed by atoms with Gasteiger partial charge in [0.15, 0.2) is 11.6 Å². The van der Waals surface area contributed by atoms with E-state index in [1.54, 1.807) is 27.0 Å². The molecule has 48 heavy (non-hydrogen) atoms. The van der Waals surface area contributed by atoms with Crippen LogP contribution < -0.4 is 10.1 Å². The first-order valence-electron chi connectivity index (χ1n) is 16.0. The van der Waals surface area contributed by atoms with Crippen LogP contribution in [-0.2, 0) is 27.4 Å². The molecule has 1 amide bonds. The highest BCUT2D eigenvalue weighted by atomic mass is 32.1. The third-order valence-electron chi connectivity index (χ3n) is 9.64. The Balaban J connectivity index is 1.13. The van der Waals surface area contributed by atoms with Crippen LogP contribution in [0.3, 0.4) is 0 Å². The third-order valence-corrected chi connectivity index (χ3v) is 10.8. The van der Waals surface area contributed by atoms with Gasteiger partial charge in [-0.2, -0.15) is 10.2 Å². The fraction of sp³-hybridized carbons (Fsp3) is 0.500. The number of nitrogens with zero attached hydrogens (tertiary/aromatic N) is 5. The average molecular weight is 677 g/mol. The van der Waals surface area contributed by atoms with Crippen molar-refractivity contribution in [1.82, 2.24) is 19.9 Å². The maximum Gasteiger partial charge on any atom is 0.412 e. The number of pyridine rings is 1. The molecule has 2 saturated heterocycles. The quantitative estimate of drug-likeness (QED) is 0.237. The van der Waals surface area contributed by atoms with Crippen LogP contribution in [0.4, 0.5) is 18.6 Å². The number of amides is 1. The maximum atomic E-state index is 16.8. The Morgan fingerprint density at radius 1 is 1.15 bits per heavy atom. The minimum absolute atomic E-state index is 0.0233. The SMILES string of the molecule is CC(C)(C)OC(=O)Nc1sc2c(F)cnc(-c3c4c(c5cnc(OCC6(CN7CC8(CCOC8)C7)CC6)nc5c3F)COC4)c2c1C#N. The molecule has 4 aliphatic rings. The molecule has 1 spiro atoms. The van der Waals surface area contributed by atoms with Gasteiger partial charge in [0.1, 0.15) is 22.2 Å². The molecule has 0 bridgehead atoms. The minimum atomic E-state index is -0.805. The van der Waals surface area contributed by atoms with Crippen LogP contribution in [0.2, 0.25) is 0 Å². The topological polar surface area (TPSA) is 132 Å². The Labute approximate surface area is 279 Å². The molecule has 3 fully saturated rings. The molecule has 14 heteroatoms. The number of likely N-dealkylation sites (tertiary alicyclic amines) is 1. The van der Waals surface area contributed by atoms with Gasteiger partial charge in [0.05, 0.1) is 48.6 Å². The second kappa shape index (κ2) is 11.3. The summed E-state index contributed by atoms with van der Waals surface area (Å²) in [6.45, 7) is 10.5. The summed E-state index contributed by atoms with van der Waals surface area (Å²) in [5, 5.41) is 13.4. The number of anilines is 1. The summed E-state index contributed by atoms with van der Waals surface area (Å²) in [7, 11) is 0. The summed E-state index contributed by atoms with van der Waals surface area (Å²) in [6.07, 6.45) is 4.95. The zero-order chi connectivity index (χ0) is 33.4. The second-order valence-electron chi connectivity index (χ2n) is 14.5. The van der Waals surface area contributed by atoms with Gasteiger partial charge in [0.25, 0.3) is 0 Å². The van der Waals surface area contributed by atoms with Gasteiger partial charge < -0.3 is 23.8 Å². The number of aromatic nitrogens is 3. The van der Waals surface area contributed by atoms with Crippen LogP contribution in [0.15, 0.2) is 12.4 Å². The van der Waals surface area contributed by atoms with Gasteiger partial charge in [0.2, 0.25) is 0 Å². The fourth-order valence-corrected chi connectivity index (χ4v) is 8.23. The van der Waals surface area contributed by atoms with E-state index in [-0.39, 0.29) is 62.1 Å². The molecule has 8 rings (SSSR count). The summed E-state index contributed by atoms with van der Waals surface area (Å²) < 4.78 is 54.9. The van der Waals surface area contributed by atoms with Gasteiger partial charge in [0, 0.05) is 59.6 Å². The van der Waals surface area contributed by atoms with E-state index in [0.717, 1.165) is 69.6 Å². The van der Waals surface area contributed by atoms with Crippen molar-refractivity contribution in [2.45, 2.75) is 58.8 Å². The highest BCUT2D eigenvalue weighted by molar-refractivity contribution is 7.23. The number of carbonyl (C=O) groups is 1. The Kier molecular flexibility index (Phi) is 7.33. The zero-order valence-corrected chi connectivity index (χ0v) is 27.7. The monoisotopic (exact) mass is 676 g/mol. The van der Waals surface area contributed by atoms with Crippen molar-refractivity contribution in [2.24, 2.45) is 10.8 Å². The van der Waals surface area contributed by atoms with E-state index in [4.69, 9.17) is 18.9 Å². The van der Waals surface area contributed by atoms with Crippen LogP contribution in [0, 0.1) is 33.8 Å². The number of hydrogen-bond donors (Lipinski definition) is 1. The highest BCUT2D eigenvalue weighted by Crippen LogP contribution is 2.50. The molecule has 1 saturated carbocycles. The van der Waals surface area contributed by atoms with E-state index in [2.05, 4.69) is 31.2 Å². The van der Waals surface area contributed by atoms with Crippen LogP contribution in [-0.4, -0.2) is 71.0 Å². The van der Waals surface area contributed by atoms with Crippen LogP contribution >= 0.6 is 11.3 Å². The number of hydrogen-bond acceptors (Lipinski definition) is 11. The normalized spacial score (nSPS) is 19.3. The molecule has 0 radical (unpaired) electrons. The number of benzene rings is 1. The molecule has 250 valence electrons. The summed E-state index contributed by atoms with van der Waals surface area (Å²) >= 11 is 0.855. The van der Waals surface area contributed by atoms with Gasteiger partial charge in [-0.25, -0.2) is 18.6 Å². The van der Waals surface area contributed by atoms with Gasteiger partial charge in [-0.3, -0.25) is 10.3 Å². The molecule has 6 heterocycles. The standard InChI is InChI=1S/C34H34F2N6O5S/c1-32(2,3)47-31(43)41-29-18(8-37)24-27(38-10-22(35)28(24)48-29)23-21-12-45-11-20(21)19-9-39-30(40-26(19)25(23)36)46-17-33(4-5-33)13-42-14-34(15-42)6-7-44-16-34/h9-10H,4-7,11-17H2,1-3H3,(H,41,43). The first kappa shape index (κ1) is 31.3. The molecule has 0 unspecified atom stereocenters. The summed E-state index contributed by atoms with van der Waals surface area (Å²) in [4.78, 5) is 28.3. The lowest BCUT2D eigenvalue weighted by atomic mass is 9.78. The Morgan fingerprint density at radius 2 is 1.94 bits per heavy atom. The third kappa shape index (κ3) is 5.42. The number of nitriles is 1.